The zero-order valence-corrected chi connectivity index (χ0v) is 9.22. The predicted molar refractivity (Wildman–Crippen MR) is 62.8 cm³/mol. The van der Waals surface area contributed by atoms with Crippen LogP contribution in [-0.4, -0.2) is 0 Å². The van der Waals surface area contributed by atoms with Gasteiger partial charge in [0.2, 0.25) is 0 Å². The van der Waals surface area contributed by atoms with Crippen molar-refractivity contribution in [3.63, 3.8) is 0 Å². The Bertz CT molecular complexity index is 408. The minimum absolute atomic E-state index is 0.205. The van der Waals surface area contributed by atoms with Gasteiger partial charge >= 0.3 is 0 Å². The van der Waals surface area contributed by atoms with E-state index < -0.39 is 0 Å². The van der Waals surface area contributed by atoms with E-state index in [0.29, 0.717) is 0 Å². The lowest BCUT2D eigenvalue weighted by Crippen LogP contribution is -2.05. The van der Waals surface area contributed by atoms with Crippen LogP contribution in [-0.2, 0) is 0 Å². The van der Waals surface area contributed by atoms with Crippen molar-refractivity contribution in [1.29, 1.82) is 0 Å². The molecule has 1 N–H and O–H groups in total. The Morgan fingerprint density at radius 2 is 1.93 bits per heavy atom. The largest absolute Gasteiger partial charge is 0.378 e. The van der Waals surface area contributed by atoms with E-state index in [1.54, 1.807) is 23.5 Å². The third kappa shape index (κ3) is 2.57. The maximum Gasteiger partial charge on any atom is 0.123 e. The molecule has 1 heterocycles. The van der Waals surface area contributed by atoms with E-state index in [1.807, 2.05) is 0 Å². The van der Waals surface area contributed by atoms with E-state index in [1.165, 1.54) is 17.7 Å². The van der Waals surface area contributed by atoms with Crippen LogP contribution in [0.1, 0.15) is 18.5 Å². The van der Waals surface area contributed by atoms with E-state index in [9.17, 15) is 4.39 Å². The first-order valence-electron chi connectivity index (χ1n) is 4.80. The Labute approximate surface area is 92.6 Å². The fourth-order valence-electron chi connectivity index (χ4n) is 1.40. The van der Waals surface area contributed by atoms with Gasteiger partial charge in [0.05, 0.1) is 0 Å². The minimum Gasteiger partial charge on any atom is -0.378 e. The summed E-state index contributed by atoms with van der Waals surface area (Å²) in [5.41, 5.74) is 2.19. The molecular formula is C12H12FNS. The van der Waals surface area contributed by atoms with Gasteiger partial charge in [-0.2, -0.15) is 11.3 Å². The highest BCUT2D eigenvalue weighted by Gasteiger charge is 2.04. The number of nitrogens with one attached hydrogen (secondary N) is 1. The summed E-state index contributed by atoms with van der Waals surface area (Å²) in [4.78, 5) is 0. The molecule has 0 saturated heterocycles. The van der Waals surface area contributed by atoms with Crippen molar-refractivity contribution in [1.82, 2.24) is 0 Å². The summed E-state index contributed by atoms with van der Waals surface area (Å²) < 4.78 is 12.7. The molecule has 1 nitrogen and oxygen atoms in total. The number of anilines is 1. The van der Waals surface area contributed by atoms with Crippen molar-refractivity contribution in [2.75, 3.05) is 5.32 Å². The van der Waals surface area contributed by atoms with Crippen LogP contribution >= 0.6 is 11.3 Å². The summed E-state index contributed by atoms with van der Waals surface area (Å²) in [5, 5.41) is 7.48. The highest BCUT2D eigenvalue weighted by atomic mass is 32.1. The smallest absolute Gasteiger partial charge is 0.123 e. The number of rotatable bonds is 3. The Morgan fingerprint density at radius 3 is 2.53 bits per heavy atom. The summed E-state index contributed by atoms with van der Waals surface area (Å²) in [7, 11) is 0. The number of thiophene rings is 1. The van der Waals surface area contributed by atoms with Crippen molar-refractivity contribution in [3.05, 3.63) is 52.5 Å². The van der Waals surface area contributed by atoms with Crippen LogP contribution in [0.4, 0.5) is 10.1 Å². The SMILES string of the molecule is CC(Nc1ccc(F)cc1)c1ccsc1. The summed E-state index contributed by atoms with van der Waals surface area (Å²) in [5.74, 6) is -0.205. The van der Waals surface area contributed by atoms with Gasteiger partial charge in [0.25, 0.3) is 0 Å². The Hall–Kier alpha value is -1.35. The van der Waals surface area contributed by atoms with Gasteiger partial charge in [-0.1, -0.05) is 0 Å². The van der Waals surface area contributed by atoms with Gasteiger partial charge in [-0.05, 0) is 53.6 Å². The molecule has 2 aromatic rings. The summed E-state index contributed by atoms with van der Waals surface area (Å²) in [6, 6.07) is 8.76. The van der Waals surface area contributed by atoms with Crippen LogP contribution in [0.3, 0.4) is 0 Å². The maximum absolute atomic E-state index is 12.7. The fraction of sp³-hybridized carbons (Fsp3) is 0.167. The van der Waals surface area contributed by atoms with Crippen molar-refractivity contribution in [2.24, 2.45) is 0 Å². The first-order valence-corrected chi connectivity index (χ1v) is 5.74. The maximum atomic E-state index is 12.7. The highest BCUT2D eigenvalue weighted by molar-refractivity contribution is 7.07. The standard InChI is InChI=1S/C12H12FNS/c1-9(10-6-7-15-8-10)14-12-4-2-11(13)3-5-12/h2-9,14H,1H3. The van der Waals surface area contributed by atoms with E-state index in [-0.39, 0.29) is 11.9 Å². The van der Waals surface area contributed by atoms with E-state index >= 15 is 0 Å². The molecule has 0 fully saturated rings. The molecule has 0 bridgehead atoms. The molecule has 3 heteroatoms. The van der Waals surface area contributed by atoms with Crippen LogP contribution in [0.25, 0.3) is 0 Å². The lowest BCUT2D eigenvalue weighted by atomic mass is 10.1. The van der Waals surface area contributed by atoms with Gasteiger partial charge < -0.3 is 5.32 Å². The van der Waals surface area contributed by atoms with Gasteiger partial charge in [-0.3, -0.25) is 0 Å². The quantitative estimate of drug-likeness (QED) is 0.824. The summed E-state index contributed by atoms with van der Waals surface area (Å²) in [6.07, 6.45) is 0. The minimum atomic E-state index is -0.205. The molecule has 0 aliphatic rings. The number of halogens is 1. The fourth-order valence-corrected chi connectivity index (χ4v) is 2.15. The van der Waals surface area contributed by atoms with Gasteiger partial charge in [-0.25, -0.2) is 4.39 Å². The molecule has 0 saturated carbocycles. The van der Waals surface area contributed by atoms with Crippen molar-refractivity contribution in [2.45, 2.75) is 13.0 Å². The second-order valence-electron chi connectivity index (χ2n) is 3.43. The molecule has 1 aromatic heterocycles. The first-order chi connectivity index (χ1) is 7.25. The topological polar surface area (TPSA) is 12.0 Å². The molecule has 1 atom stereocenters. The molecule has 1 aromatic carbocycles. The average molecular weight is 221 g/mol. The van der Waals surface area contributed by atoms with E-state index in [4.69, 9.17) is 0 Å². The second-order valence-corrected chi connectivity index (χ2v) is 4.21. The van der Waals surface area contributed by atoms with Gasteiger partial charge in [0.15, 0.2) is 0 Å². The molecule has 0 aliphatic heterocycles. The zero-order valence-electron chi connectivity index (χ0n) is 8.41. The predicted octanol–water partition coefficient (Wildman–Crippen LogP) is 4.06. The van der Waals surface area contributed by atoms with Gasteiger partial charge in [0, 0.05) is 11.7 Å². The van der Waals surface area contributed by atoms with E-state index in [2.05, 4.69) is 29.1 Å². The van der Waals surface area contributed by atoms with Crippen LogP contribution in [0.5, 0.6) is 0 Å². The molecule has 0 spiro atoms. The van der Waals surface area contributed by atoms with Crippen molar-refractivity contribution in [3.8, 4) is 0 Å². The lowest BCUT2D eigenvalue weighted by molar-refractivity contribution is 0.628. The molecular weight excluding hydrogens is 209 g/mol. The molecule has 78 valence electrons. The molecule has 0 radical (unpaired) electrons. The molecule has 2 rings (SSSR count). The monoisotopic (exact) mass is 221 g/mol. The van der Waals surface area contributed by atoms with Crippen LogP contribution in [0, 0.1) is 5.82 Å². The van der Waals surface area contributed by atoms with Crippen LogP contribution < -0.4 is 5.32 Å². The Kier molecular flexibility index (Phi) is 3.02. The number of benzene rings is 1. The Balaban J connectivity index is 2.06. The zero-order chi connectivity index (χ0) is 10.7. The van der Waals surface area contributed by atoms with Crippen molar-refractivity contribution >= 4 is 17.0 Å². The Morgan fingerprint density at radius 1 is 1.20 bits per heavy atom. The second kappa shape index (κ2) is 4.45. The molecule has 0 amide bonds. The van der Waals surface area contributed by atoms with Crippen LogP contribution in [0.15, 0.2) is 41.1 Å². The van der Waals surface area contributed by atoms with Gasteiger partial charge in [-0.15, -0.1) is 0 Å². The summed E-state index contributed by atoms with van der Waals surface area (Å²) in [6.45, 7) is 2.09. The summed E-state index contributed by atoms with van der Waals surface area (Å²) >= 11 is 1.68. The molecule has 0 aliphatic carbocycles. The molecule has 1 unspecified atom stereocenters. The lowest BCUT2D eigenvalue weighted by Gasteiger charge is -2.13. The number of hydrogen-bond donors (Lipinski definition) is 1. The highest BCUT2D eigenvalue weighted by Crippen LogP contribution is 2.21. The van der Waals surface area contributed by atoms with Crippen molar-refractivity contribution < 1.29 is 4.39 Å². The van der Waals surface area contributed by atoms with E-state index in [0.717, 1.165) is 5.69 Å². The average Bonchev–Trinajstić information content (AvgIpc) is 2.74. The number of hydrogen-bond acceptors (Lipinski definition) is 2. The third-order valence-electron chi connectivity index (χ3n) is 2.27. The third-order valence-corrected chi connectivity index (χ3v) is 2.97. The normalized spacial score (nSPS) is 12.4. The van der Waals surface area contributed by atoms with Crippen LogP contribution in [0.2, 0.25) is 0 Å². The molecule has 15 heavy (non-hydrogen) atoms. The first kappa shape index (κ1) is 10.2. The van der Waals surface area contributed by atoms with Gasteiger partial charge in [0.1, 0.15) is 5.82 Å².